The first-order chi connectivity index (χ1) is 14.2. The number of Topliss-reactive ketones (excluding diaryl/α,β-unsaturated/α-hetero) is 1. The van der Waals surface area contributed by atoms with E-state index in [1.165, 1.54) is 6.07 Å². The van der Waals surface area contributed by atoms with E-state index in [1.54, 1.807) is 25.1 Å². The summed E-state index contributed by atoms with van der Waals surface area (Å²) >= 11 is 0. The number of benzene rings is 1. The van der Waals surface area contributed by atoms with Gasteiger partial charge in [-0.25, -0.2) is 4.79 Å². The molecule has 1 fully saturated rings. The number of phenols is 1. The van der Waals surface area contributed by atoms with E-state index in [4.69, 9.17) is 4.74 Å². The van der Waals surface area contributed by atoms with Crippen molar-refractivity contribution in [2.75, 3.05) is 19.7 Å². The first kappa shape index (κ1) is 20.2. The molecule has 0 saturated carbocycles. The summed E-state index contributed by atoms with van der Waals surface area (Å²) in [6.07, 6.45) is 0.975. The summed E-state index contributed by atoms with van der Waals surface area (Å²) in [5.74, 6) is -1.74. The Balaban J connectivity index is 2.01. The number of carbonyl (C=O) groups is 3. The Hall–Kier alpha value is -3.09. The van der Waals surface area contributed by atoms with Gasteiger partial charge in [0.15, 0.2) is 5.78 Å². The van der Waals surface area contributed by atoms with Crippen molar-refractivity contribution in [2.45, 2.75) is 39.5 Å². The lowest BCUT2D eigenvalue weighted by Gasteiger charge is -2.46. The summed E-state index contributed by atoms with van der Waals surface area (Å²) in [4.78, 5) is 41.2. The van der Waals surface area contributed by atoms with Crippen molar-refractivity contribution in [3.8, 4) is 5.75 Å². The van der Waals surface area contributed by atoms with Crippen molar-refractivity contribution < 1.29 is 24.2 Å². The molecular formula is C23H26N2O5. The van der Waals surface area contributed by atoms with Gasteiger partial charge in [0.1, 0.15) is 11.4 Å². The highest BCUT2D eigenvalue weighted by Gasteiger charge is 2.48. The fourth-order valence-corrected chi connectivity index (χ4v) is 4.75. The number of hydrogen-bond donors (Lipinski definition) is 2. The highest BCUT2D eigenvalue weighted by molar-refractivity contribution is 6.09. The Labute approximate surface area is 175 Å². The molecule has 1 aliphatic carbocycles. The Morgan fingerprint density at radius 3 is 2.77 bits per heavy atom. The number of phenolic OH excluding ortho intramolecular Hbond substituents is 1. The van der Waals surface area contributed by atoms with Crippen molar-refractivity contribution in [2.24, 2.45) is 5.41 Å². The zero-order valence-corrected chi connectivity index (χ0v) is 17.4. The third-order valence-electron chi connectivity index (χ3n) is 5.86. The summed E-state index contributed by atoms with van der Waals surface area (Å²) in [5, 5.41) is 12.9. The quantitative estimate of drug-likeness (QED) is 0.743. The number of hydrogen-bond acceptors (Lipinski definition) is 6. The van der Waals surface area contributed by atoms with Crippen LogP contribution >= 0.6 is 0 Å². The number of nitrogens with one attached hydrogen (secondary N) is 1. The molecule has 7 heteroatoms. The van der Waals surface area contributed by atoms with E-state index >= 15 is 0 Å². The number of amides is 1. The van der Waals surface area contributed by atoms with E-state index in [1.807, 2.05) is 18.7 Å². The molecule has 30 heavy (non-hydrogen) atoms. The Morgan fingerprint density at radius 1 is 1.30 bits per heavy atom. The zero-order valence-electron chi connectivity index (χ0n) is 17.4. The zero-order chi connectivity index (χ0) is 21.6. The highest BCUT2D eigenvalue weighted by atomic mass is 16.5. The third kappa shape index (κ3) is 3.28. The van der Waals surface area contributed by atoms with Gasteiger partial charge in [0.05, 0.1) is 12.2 Å². The van der Waals surface area contributed by atoms with Crippen LogP contribution in [-0.2, 0) is 19.1 Å². The molecular weight excluding hydrogens is 384 g/mol. The van der Waals surface area contributed by atoms with E-state index in [-0.39, 0.29) is 40.7 Å². The van der Waals surface area contributed by atoms with E-state index in [2.05, 4.69) is 5.32 Å². The first-order valence-electron chi connectivity index (χ1n) is 10.3. The molecule has 1 amide bonds. The maximum atomic E-state index is 13.4. The molecule has 0 radical (unpaired) electrons. The monoisotopic (exact) mass is 410 g/mol. The number of rotatable bonds is 3. The van der Waals surface area contributed by atoms with Crippen LogP contribution < -0.4 is 5.32 Å². The topological polar surface area (TPSA) is 95.9 Å². The Morgan fingerprint density at radius 2 is 2.07 bits per heavy atom. The van der Waals surface area contributed by atoms with Crippen LogP contribution in [-0.4, -0.2) is 47.4 Å². The molecule has 2 heterocycles. The van der Waals surface area contributed by atoms with Crippen molar-refractivity contribution in [1.29, 1.82) is 0 Å². The van der Waals surface area contributed by atoms with Gasteiger partial charge in [-0.15, -0.1) is 0 Å². The van der Waals surface area contributed by atoms with Crippen LogP contribution in [0.15, 0.2) is 46.8 Å². The highest BCUT2D eigenvalue weighted by Crippen LogP contribution is 2.50. The van der Waals surface area contributed by atoms with E-state index in [0.717, 1.165) is 5.70 Å². The number of fused-ring (bicyclic) bond motifs is 2. The summed E-state index contributed by atoms with van der Waals surface area (Å²) in [5.41, 5.74) is 2.07. The molecule has 2 N–H and O–H groups in total. The van der Waals surface area contributed by atoms with E-state index in [9.17, 15) is 19.5 Å². The largest absolute Gasteiger partial charge is 0.508 e. The van der Waals surface area contributed by atoms with Gasteiger partial charge in [-0.05, 0) is 36.5 Å². The molecule has 1 saturated heterocycles. The third-order valence-corrected chi connectivity index (χ3v) is 5.86. The van der Waals surface area contributed by atoms with Crippen molar-refractivity contribution >= 4 is 17.7 Å². The maximum Gasteiger partial charge on any atom is 0.337 e. The van der Waals surface area contributed by atoms with Crippen molar-refractivity contribution in [3.63, 3.8) is 0 Å². The average Bonchev–Trinajstić information content (AvgIpc) is 2.66. The lowest BCUT2D eigenvalue weighted by atomic mass is 9.67. The van der Waals surface area contributed by atoms with E-state index in [0.29, 0.717) is 37.1 Å². The van der Waals surface area contributed by atoms with Gasteiger partial charge in [0.25, 0.3) is 5.91 Å². The molecule has 3 aliphatic rings. The number of esters is 1. The Bertz CT molecular complexity index is 1000. The fraction of sp³-hybridized carbons (Fsp3) is 0.435. The van der Waals surface area contributed by atoms with Crippen LogP contribution in [0.25, 0.3) is 0 Å². The Kier molecular flexibility index (Phi) is 4.92. The van der Waals surface area contributed by atoms with Crippen LogP contribution in [0.1, 0.15) is 45.1 Å². The molecule has 0 spiro atoms. The second-order valence-corrected chi connectivity index (χ2v) is 8.72. The summed E-state index contributed by atoms with van der Waals surface area (Å²) in [6, 6.07) is 6.50. The van der Waals surface area contributed by atoms with Gasteiger partial charge >= 0.3 is 5.97 Å². The molecule has 7 nitrogen and oxygen atoms in total. The predicted molar refractivity (Wildman–Crippen MR) is 109 cm³/mol. The summed E-state index contributed by atoms with van der Waals surface area (Å²) in [7, 11) is 0. The molecule has 4 rings (SSSR count). The van der Waals surface area contributed by atoms with Gasteiger partial charge in [-0.1, -0.05) is 26.0 Å². The van der Waals surface area contributed by atoms with Crippen LogP contribution in [0.2, 0.25) is 0 Å². The molecule has 1 aromatic carbocycles. The molecule has 2 aliphatic heterocycles. The fourth-order valence-electron chi connectivity index (χ4n) is 4.75. The second kappa shape index (κ2) is 7.31. The number of ketones is 1. The lowest BCUT2D eigenvalue weighted by molar-refractivity contribution is -0.139. The minimum atomic E-state index is -0.759. The molecule has 0 bridgehead atoms. The molecule has 158 valence electrons. The van der Waals surface area contributed by atoms with Crippen molar-refractivity contribution in [1.82, 2.24) is 10.2 Å². The minimum Gasteiger partial charge on any atom is -0.508 e. The van der Waals surface area contributed by atoms with Gasteiger partial charge in [-0.3, -0.25) is 9.59 Å². The lowest BCUT2D eigenvalue weighted by Crippen LogP contribution is -2.51. The van der Waals surface area contributed by atoms with Crippen LogP contribution in [0.4, 0.5) is 0 Å². The SMILES string of the molecule is CCOC(=O)C1=C2C(=O)NCCN2C2=C(C(=O)CC(C)(C)C2)C1c1cccc(O)c1. The number of allylic oxidation sites excluding steroid dienone is 2. The number of ether oxygens (including phenoxy) is 1. The van der Waals surface area contributed by atoms with Gasteiger partial charge in [0, 0.05) is 36.7 Å². The van der Waals surface area contributed by atoms with Crippen LogP contribution in [0.5, 0.6) is 5.75 Å². The normalized spacial score (nSPS) is 23.0. The number of piperazine rings is 1. The first-order valence-corrected chi connectivity index (χ1v) is 10.3. The van der Waals surface area contributed by atoms with Gasteiger partial charge in [0.2, 0.25) is 0 Å². The predicted octanol–water partition coefficient (Wildman–Crippen LogP) is 2.38. The molecule has 1 atom stereocenters. The van der Waals surface area contributed by atoms with Crippen LogP contribution in [0.3, 0.4) is 0 Å². The summed E-state index contributed by atoms with van der Waals surface area (Å²) < 4.78 is 5.32. The molecule has 1 unspecified atom stereocenters. The van der Waals surface area contributed by atoms with Gasteiger partial charge < -0.3 is 20.1 Å². The minimum absolute atomic E-state index is 0.0296. The standard InChI is InChI=1S/C23H26N2O5/c1-4-30-22(29)19-17(13-6-5-7-14(26)10-13)18-15(11-23(2,3)12-16(18)27)25-9-8-24-21(28)20(19)25/h5-7,10,17,26H,4,8-9,11-12H2,1-3H3,(H,24,28). The summed E-state index contributed by atoms with van der Waals surface area (Å²) in [6.45, 7) is 6.84. The van der Waals surface area contributed by atoms with Gasteiger partial charge in [-0.2, -0.15) is 0 Å². The van der Waals surface area contributed by atoms with E-state index < -0.39 is 11.9 Å². The van der Waals surface area contributed by atoms with Crippen molar-refractivity contribution in [3.05, 3.63) is 52.4 Å². The van der Waals surface area contributed by atoms with Crippen LogP contribution in [0, 0.1) is 5.41 Å². The average molecular weight is 410 g/mol. The second-order valence-electron chi connectivity index (χ2n) is 8.72. The molecule has 0 aromatic heterocycles. The maximum absolute atomic E-state index is 13.4. The number of carbonyl (C=O) groups excluding carboxylic acids is 3. The number of aromatic hydroxyl groups is 1. The number of nitrogens with zero attached hydrogens (tertiary/aromatic N) is 1. The smallest absolute Gasteiger partial charge is 0.337 e. The molecule has 1 aromatic rings.